The predicted molar refractivity (Wildman–Crippen MR) is 145 cm³/mol. The number of hydrogen-bond donors (Lipinski definition) is 1. The first kappa shape index (κ1) is 24.8. The van der Waals surface area contributed by atoms with Crippen LogP contribution in [0.1, 0.15) is 4.88 Å². The van der Waals surface area contributed by atoms with Crippen molar-refractivity contribution >= 4 is 81.2 Å². The van der Waals surface area contributed by atoms with Crippen molar-refractivity contribution in [2.45, 2.75) is 0 Å². The molecule has 7 nitrogen and oxygen atoms in total. The van der Waals surface area contributed by atoms with Crippen LogP contribution in [0, 0.1) is 0 Å². The summed E-state index contributed by atoms with van der Waals surface area (Å²) >= 11 is 19.9. The second kappa shape index (κ2) is 10.2. The van der Waals surface area contributed by atoms with E-state index in [1.54, 1.807) is 0 Å². The lowest BCUT2D eigenvalue weighted by atomic mass is 10.1. The number of anilines is 2. The van der Waals surface area contributed by atoms with E-state index < -0.39 is 17.6 Å². The Balaban J connectivity index is 1.42. The van der Waals surface area contributed by atoms with Crippen molar-refractivity contribution in [1.29, 1.82) is 0 Å². The van der Waals surface area contributed by atoms with Gasteiger partial charge in [-0.25, -0.2) is 4.79 Å². The molecule has 0 radical (unpaired) electrons. The Hall–Kier alpha value is -2.88. The van der Waals surface area contributed by atoms with Gasteiger partial charge in [0, 0.05) is 33.6 Å². The van der Waals surface area contributed by atoms with Gasteiger partial charge in [0.1, 0.15) is 5.69 Å². The highest BCUT2D eigenvalue weighted by molar-refractivity contribution is 7.16. The second-order valence-electron chi connectivity index (χ2n) is 8.00. The lowest BCUT2D eigenvalue weighted by Gasteiger charge is -2.28. The maximum atomic E-state index is 13.2. The molecule has 0 unspecified atom stereocenters. The Bertz CT molecular complexity index is 1390. The topological polar surface area (TPSA) is 82.4 Å². The fourth-order valence-corrected chi connectivity index (χ4v) is 5.91. The van der Waals surface area contributed by atoms with Gasteiger partial charge in [0.15, 0.2) is 5.71 Å². The summed E-state index contributed by atoms with van der Waals surface area (Å²) in [4.78, 5) is 29.1. The molecule has 2 aromatic carbocycles. The quantitative estimate of drug-likeness (QED) is 0.381. The average Bonchev–Trinajstić information content (AvgIpc) is 3.45. The van der Waals surface area contributed by atoms with E-state index in [2.05, 4.69) is 22.1 Å². The van der Waals surface area contributed by atoms with Crippen LogP contribution in [-0.4, -0.2) is 49.0 Å². The molecule has 0 spiro atoms. The van der Waals surface area contributed by atoms with E-state index in [1.165, 1.54) is 29.5 Å². The average molecular weight is 563 g/mol. The first-order valence-electron chi connectivity index (χ1n) is 10.9. The molecule has 1 amide bonds. The van der Waals surface area contributed by atoms with Crippen molar-refractivity contribution < 1.29 is 19.4 Å². The van der Waals surface area contributed by atoms with Gasteiger partial charge >= 0.3 is 5.97 Å². The van der Waals surface area contributed by atoms with Crippen LogP contribution in [-0.2, 0) is 14.3 Å². The summed E-state index contributed by atoms with van der Waals surface area (Å²) in [5, 5.41) is 15.0. The van der Waals surface area contributed by atoms with E-state index in [9.17, 15) is 14.7 Å². The molecular weight excluding hydrogens is 545 g/mol. The zero-order valence-electron chi connectivity index (χ0n) is 18.6. The number of halogens is 3. The molecule has 0 atom stereocenters. The van der Waals surface area contributed by atoms with E-state index in [1.807, 2.05) is 24.3 Å². The molecule has 0 saturated carbocycles. The van der Waals surface area contributed by atoms with Crippen molar-refractivity contribution in [2.24, 2.45) is 5.10 Å². The van der Waals surface area contributed by atoms with Crippen LogP contribution < -0.4 is 9.91 Å². The van der Waals surface area contributed by atoms with Gasteiger partial charge in [0.25, 0.3) is 5.91 Å². The molecule has 1 aromatic heterocycles. The zero-order chi connectivity index (χ0) is 25.4. The maximum Gasteiger partial charge on any atom is 0.357 e. The van der Waals surface area contributed by atoms with Gasteiger partial charge in [-0.2, -0.15) is 10.1 Å². The molecule has 184 valence electrons. The lowest BCUT2D eigenvalue weighted by Crippen LogP contribution is -2.36. The number of benzene rings is 2. The minimum atomic E-state index is -1.34. The number of nitrogens with zero attached hydrogens (tertiary/aromatic N) is 3. The van der Waals surface area contributed by atoms with Crippen LogP contribution in [0.2, 0.25) is 15.1 Å². The molecule has 1 fully saturated rings. The third kappa shape index (κ3) is 4.87. The Morgan fingerprint density at radius 3 is 2.33 bits per heavy atom. The third-order valence-corrected chi connectivity index (χ3v) is 7.59. The number of carboxylic acids is 1. The van der Waals surface area contributed by atoms with Gasteiger partial charge in [0.05, 0.1) is 28.8 Å². The second-order valence-corrected chi connectivity index (χ2v) is 10.4. The van der Waals surface area contributed by atoms with Crippen LogP contribution in [0.3, 0.4) is 0 Å². The minimum Gasteiger partial charge on any atom is -0.476 e. The first-order chi connectivity index (χ1) is 17.3. The molecule has 11 heteroatoms. The number of amides is 1. The summed E-state index contributed by atoms with van der Waals surface area (Å²) in [7, 11) is 0. The number of carbonyl (C=O) groups excluding carboxylic acids is 1. The van der Waals surface area contributed by atoms with E-state index in [-0.39, 0.29) is 26.3 Å². The smallest absolute Gasteiger partial charge is 0.357 e. The van der Waals surface area contributed by atoms with E-state index in [4.69, 9.17) is 39.5 Å². The molecule has 1 N–H and O–H groups in total. The number of carboxylic acid groups (broad SMARTS) is 1. The highest BCUT2D eigenvalue weighted by Gasteiger charge is 2.37. The number of thiophene rings is 1. The van der Waals surface area contributed by atoms with Gasteiger partial charge in [-0.15, -0.1) is 11.3 Å². The first-order valence-corrected chi connectivity index (χ1v) is 12.8. The fourth-order valence-electron chi connectivity index (χ4n) is 3.98. The fraction of sp³-hybridized carbons (Fsp3) is 0.160. The number of morpholine rings is 1. The van der Waals surface area contributed by atoms with Gasteiger partial charge in [-0.1, -0.05) is 46.9 Å². The third-order valence-electron chi connectivity index (χ3n) is 5.72. The monoisotopic (exact) mass is 561 g/mol. The van der Waals surface area contributed by atoms with Crippen LogP contribution in [0.5, 0.6) is 0 Å². The number of hydrogen-bond acceptors (Lipinski definition) is 6. The van der Waals surface area contributed by atoms with E-state index in [0.717, 1.165) is 47.4 Å². The van der Waals surface area contributed by atoms with Gasteiger partial charge < -0.3 is 14.7 Å². The Labute approximate surface area is 225 Å². The predicted octanol–water partition coefficient (Wildman–Crippen LogP) is 6.08. The molecule has 1 saturated heterocycles. The zero-order valence-corrected chi connectivity index (χ0v) is 21.7. The molecule has 0 aliphatic carbocycles. The lowest BCUT2D eigenvalue weighted by molar-refractivity contribution is -0.129. The number of aliphatic carboxylic acids is 1. The molecule has 0 bridgehead atoms. The SMILES string of the molecule is O=C(O)C1=NN(c2c(Cl)cc(Cl)cc2Cl)C(=O)/C1=C\c1ccc(-c2ccc(N3CCOCC3)cc2)s1. The van der Waals surface area contributed by atoms with E-state index in [0.29, 0.717) is 4.88 Å². The largest absolute Gasteiger partial charge is 0.476 e. The van der Waals surface area contributed by atoms with Crippen molar-refractivity contribution in [3.63, 3.8) is 0 Å². The highest BCUT2D eigenvalue weighted by Crippen LogP contribution is 2.40. The van der Waals surface area contributed by atoms with Crippen molar-refractivity contribution in [3.8, 4) is 10.4 Å². The van der Waals surface area contributed by atoms with Crippen molar-refractivity contribution in [3.05, 3.63) is 74.0 Å². The number of ether oxygens (including phenoxy) is 1. The summed E-state index contributed by atoms with van der Waals surface area (Å²) in [5.74, 6) is -1.99. The summed E-state index contributed by atoms with van der Waals surface area (Å²) in [5.41, 5.74) is 1.77. The molecule has 2 aliphatic heterocycles. The molecular formula is C25H18Cl3N3O4S. The molecule has 3 heterocycles. The number of rotatable bonds is 5. The molecule has 2 aliphatic rings. The summed E-state index contributed by atoms with van der Waals surface area (Å²) < 4.78 is 5.41. The Morgan fingerprint density at radius 1 is 1.03 bits per heavy atom. The molecule has 5 rings (SSSR count). The highest BCUT2D eigenvalue weighted by atomic mass is 35.5. The summed E-state index contributed by atoms with van der Waals surface area (Å²) in [6.45, 7) is 3.17. The van der Waals surface area contributed by atoms with Crippen LogP contribution in [0.15, 0.2) is 59.2 Å². The maximum absolute atomic E-state index is 13.2. The van der Waals surface area contributed by atoms with Gasteiger partial charge in [0.2, 0.25) is 0 Å². The summed E-state index contributed by atoms with van der Waals surface area (Å²) in [6.07, 6.45) is 1.52. The Kier molecular flexibility index (Phi) is 7.05. The molecule has 36 heavy (non-hydrogen) atoms. The van der Waals surface area contributed by atoms with Crippen molar-refractivity contribution in [1.82, 2.24) is 0 Å². The van der Waals surface area contributed by atoms with Crippen LogP contribution in [0.4, 0.5) is 11.4 Å². The Morgan fingerprint density at radius 2 is 1.69 bits per heavy atom. The number of carbonyl (C=O) groups is 2. The van der Waals surface area contributed by atoms with E-state index >= 15 is 0 Å². The normalized spacial score (nSPS) is 17.1. The number of hydrazone groups is 1. The minimum absolute atomic E-state index is 0.0688. The molecule has 3 aromatic rings. The van der Waals surface area contributed by atoms with Crippen LogP contribution in [0.25, 0.3) is 16.5 Å². The standard InChI is InChI=1S/C25H18Cl3N3O4S/c26-15-11-19(27)23(20(28)12-15)31-24(32)18(22(29-31)25(33)34)13-17-5-6-21(36-17)14-1-3-16(4-2-14)30-7-9-35-10-8-30/h1-6,11-13H,7-10H2,(H,33,34)/b18-13-. The van der Waals surface area contributed by atoms with Crippen LogP contribution >= 0.6 is 46.1 Å². The van der Waals surface area contributed by atoms with Gasteiger partial charge in [-0.05, 0) is 48.0 Å². The van der Waals surface area contributed by atoms with Crippen molar-refractivity contribution in [2.75, 3.05) is 36.2 Å². The summed E-state index contributed by atoms with van der Waals surface area (Å²) in [6, 6.07) is 14.8. The van der Waals surface area contributed by atoms with Gasteiger partial charge in [-0.3, -0.25) is 4.79 Å².